The Morgan fingerprint density at radius 1 is 1.27 bits per heavy atom. The molecule has 0 saturated carbocycles. The van der Waals surface area contributed by atoms with E-state index in [0.29, 0.717) is 5.56 Å². The van der Waals surface area contributed by atoms with Gasteiger partial charge in [-0.25, -0.2) is 8.78 Å². The Morgan fingerprint density at radius 3 is 2.60 bits per heavy atom. The van der Waals surface area contributed by atoms with Gasteiger partial charge in [-0.05, 0) is 36.1 Å². The highest BCUT2D eigenvalue weighted by Gasteiger charge is 2.14. The zero-order valence-electron chi connectivity index (χ0n) is 8.05. The molecule has 0 spiro atoms. The highest BCUT2D eigenvalue weighted by atomic mass is 32.1. The number of halogens is 2. The van der Waals surface area contributed by atoms with Crippen molar-refractivity contribution in [3.8, 4) is 11.1 Å². The molecule has 15 heavy (non-hydrogen) atoms. The third kappa shape index (κ3) is 1.72. The van der Waals surface area contributed by atoms with E-state index in [2.05, 4.69) is 0 Å². The maximum absolute atomic E-state index is 13.6. The van der Waals surface area contributed by atoms with Crippen molar-refractivity contribution in [2.75, 3.05) is 5.73 Å². The molecule has 0 unspecified atom stereocenters. The molecule has 2 aromatic rings. The Morgan fingerprint density at radius 2 is 2.00 bits per heavy atom. The van der Waals surface area contributed by atoms with Crippen molar-refractivity contribution >= 4 is 17.0 Å². The molecule has 1 heterocycles. The average molecular weight is 225 g/mol. The number of nitrogen functional groups attached to an aromatic ring is 1. The number of nitrogens with two attached hydrogens (primary N) is 1. The molecule has 1 aromatic heterocycles. The van der Waals surface area contributed by atoms with Crippen molar-refractivity contribution in [1.82, 2.24) is 0 Å². The largest absolute Gasteiger partial charge is 0.396 e. The standard InChI is InChI=1S/C11H9F2NS/c1-6-4-7(5-15-6)10-8(12)2-3-9(14)11(10)13/h2-5H,14H2,1H3. The molecule has 0 radical (unpaired) electrons. The lowest BCUT2D eigenvalue weighted by atomic mass is 10.1. The normalized spacial score (nSPS) is 10.6. The summed E-state index contributed by atoms with van der Waals surface area (Å²) in [5.74, 6) is -1.27. The zero-order chi connectivity index (χ0) is 11.0. The van der Waals surface area contributed by atoms with E-state index in [-0.39, 0.29) is 11.3 Å². The fourth-order valence-corrected chi connectivity index (χ4v) is 2.10. The molecule has 0 aliphatic rings. The topological polar surface area (TPSA) is 26.0 Å². The minimum atomic E-state index is -0.687. The van der Waals surface area contributed by atoms with Crippen molar-refractivity contribution < 1.29 is 8.78 Å². The Labute approximate surface area is 90.2 Å². The SMILES string of the molecule is Cc1cc(-c2c(F)ccc(N)c2F)cs1. The van der Waals surface area contributed by atoms with Crippen molar-refractivity contribution in [3.05, 3.63) is 40.1 Å². The molecule has 1 nitrogen and oxygen atoms in total. The molecule has 78 valence electrons. The van der Waals surface area contributed by atoms with Crippen molar-refractivity contribution in [2.45, 2.75) is 6.92 Å². The summed E-state index contributed by atoms with van der Waals surface area (Å²) in [5.41, 5.74) is 5.86. The van der Waals surface area contributed by atoms with Crippen LogP contribution in [-0.4, -0.2) is 0 Å². The quantitative estimate of drug-likeness (QED) is 0.737. The van der Waals surface area contributed by atoms with E-state index >= 15 is 0 Å². The van der Waals surface area contributed by atoms with Crippen LogP contribution in [-0.2, 0) is 0 Å². The Bertz CT molecular complexity index is 505. The van der Waals surface area contributed by atoms with E-state index < -0.39 is 11.6 Å². The average Bonchev–Trinajstić information content (AvgIpc) is 2.59. The van der Waals surface area contributed by atoms with E-state index in [1.54, 1.807) is 11.4 Å². The fraction of sp³-hybridized carbons (Fsp3) is 0.0909. The van der Waals surface area contributed by atoms with Crippen LogP contribution in [0.2, 0.25) is 0 Å². The molecule has 0 atom stereocenters. The van der Waals surface area contributed by atoms with Gasteiger partial charge >= 0.3 is 0 Å². The molecule has 0 aliphatic heterocycles. The Kier molecular flexibility index (Phi) is 2.44. The zero-order valence-corrected chi connectivity index (χ0v) is 8.87. The predicted molar refractivity (Wildman–Crippen MR) is 58.8 cm³/mol. The molecule has 4 heteroatoms. The summed E-state index contributed by atoms with van der Waals surface area (Å²) in [5, 5.41) is 1.72. The van der Waals surface area contributed by atoms with Gasteiger partial charge in [-0.1, -0.05) is 0 Å². The summed E-state index contributed by atoms with van der Waals surface area (Å²) in [6, 6.07) is 4.15. The highest BCUT2D eigenvalue weighted by Crippen LogP contribution is 2.32. The van der Waals surface area contributed by atoms with E-state index in [4.69, 9.17) is 5.73 Å². The van der Waals surface area contributed by atoms with Gasteiger partial charge in [0, 0.05) is 4.88 Å². The van der Waals surface area contributed by atoms with Gasteiger partial charge in [-0.2, -0.15) is 0 Å². The third-order valence-corrected chi connectivity index (χ3v) is 3.00. The molecule has 0 bridgehead atoms. The smallest absolute Gasteiger partial charge is 0.156 e. The maximum atomic E-state index is 13.6. The van der Waals surface area contributed by atoms with Crippen LogP contribution in [0.3, 0.4) is 0 Å². The van der Waals surface area contributed by atoms with Crippen LogP contribution in [0.25, 0.3) is 11.1 Å². The first kappa shape index (κ1) is 10.1. The minimum absolute atomic E-state index is 0.0322. The van der Waals surface area contributed by atoms with Gasteiger partial charge < -0.3 is 5.73 Å². The van der Waals surface area contributed by atoms with Crippen LogP contribution in [0.1, 0.15) is 4.88 Å². The molecule has 0 fully saturated rings. The first-order valence-corrected chi connectivity index (χ1v) is 5.26. The number of aryl methyl sites for hydroxylation is 1. The first-order chi connectivity index (χ1) is 7.09. The summed E-state index contributed by atoms with van der Waals surface area (Å²) in [6.45, 7) is 1.89. The maximum Gasteiger partial charge on any atom is 0.156 e. The fourth-order valence-electron chi connectivity index (χ4n) is 1.41. The summed E-state index contributed by atoms with van der Waals surface area (Å²) in [7, 11) is 0. The number of rotatable bonds is 1. The van der Waals surface area contributed by atoms with Gasteiger partial charge in [0.2, 0.25) is 0 Å². The van der Waals surface area contributed by atoms with E-state index in [9.17, 15) is 8.78 Å². The number of hydrogen-bond acceptors (Lipinski definition) is 2. The molecule has 2 N–H and O–H groups in total. The highest BCUT2D eigenvalue weighted by molar-refractivity contribution is 7.10. The monoisotopic (exact) mass is 225 g/mol. The predicted octanol–water partition coefficient (Wildman–Crippen LogP) is 3.58. The lowest BCUT2D eigenvalue weighted by Crippen LogP contribution is -1.95. The molecule has 2 rings (SSSR count). The number of anilines is 1. The second-order valence-corrected chi connectivity index (χ2v) is 4.39. The number of hydrogen-bond donors (Lipinski definition) is 1. The van der Waals surface area contributed by atoms with Crippen LogP contribution in [0, 0.1) is 18.6 Å². The van der Waals surface area contributed by atoms with Crippen LogP contribution < -0.4 is 5.73 Å². The van der Waals surface area contributed by atoms with Gasteiger partial charge in [0.05, 0.1) is 11.3 Å². The molecule has 0 saturated heterocycles. The molecule has 0 aliphatic carbocycles. The molecule has 1 aromatic carbocycles. The van der Waals surface area contributed by atoms with Crippen LogP contribution in [0.5, 0.6) is 0 Å². The molecular weight excluding hydrogens is 216 g/mol. The summed E-state index contributed by atoms with van der Waals surface area (Å²) < 4.78 is 27.0. The Balaban J connectivity index is 2.66. The third-order valence-electron chi connectivity index (χ3n) is 2.14. The van der Waals surface area contributed by atoms with Gasteiger partial charge in [0.15, 0.2) is 5.82 Å². The molecule has 0 amide bonds. The van der Waals surface area contributed by atoms with Crippen LogP contribution in [0.4, 0.5) is 14.5 Å². The van der Waals surface area contributed by atoms with Gasteiger partial charge in [-0.15, -0.1) is 11.3 Å². The number of benzene rings is 1. The van der Waals surface area contributed by atoms with Crippen molar-refractivity contribution in [3.63, 3.8) is 0 Å². The van der Waals surface area contributed by atoms with E-state index in [0.717, 1.165) is 4.88 Å². The van der Waals surface area contributed by atoms with E-state index in [1.165, 1.54) is 23.5 Å². The lowest BCUT2D eigenvalue weighted by Gasteiger charge is -2.04. The summed E-state index contributed by atoms with van der Waals surface area (Å²) >= 11 is 1.45. The second-order valence-electron chi connectivity index (χ2n) is 3.27. The second kappa shape index (κ2) is 3.62. The van der Waals surface area contributed by atoms with Gasteiger partial charge in [0.1, 0.15) is 5.82 Å². The Hall–Kier alpha value is -1.42. The summed E-state index contributed by atoms with van der Waals surface area (Å²) in [6.07, 6.45) is 0. The van der Waals surface area contributed by atoms with Crippen molar-refractivity contribution in [1.29, 1.82) is 0 Å². The van der Waals surface area contributed by atoms with Crippen LogP contribution in [0.15, 0.2) is 23.6 Å². The first-order valence-electron chi connectivity index (χ1n) is 4.38. The minimum Gasteiger partial charge on any atom is -0.396 e. The van der Waals surface area contributed by atoms with Gasteiger partial charge in [0.25, 0.3) is 0 Å². The van der Waals surface area contributed by atoms with Crippen molar-refractivity contribution in [2.24, 2.45) is 0 Å². The van der Waals surface area contributed by atoms with E-state index in [1.807, 2.05) is 6.92 Å². The lowest BCUT2D eigenvalue weighted by molar-refractivity contribution is 0.592. The van der Waals surface area contributed by atoms with Gasteiger partial charge in [-0.3, -0.25) is 0 Å². The molecular formula is C11H9F2NS. The number of thiophene rings is 1. The van der Waals surface area contributed by atoms with Crippen LogP contribution >= 0.6 is 11.3 Å². The summed E-state index contributed by atoms with van der Waals surface area (Å²) in [4.78, 5) is 1.01.